The summed E-state index contributed by atoms with van der Waals surface area (Å²) < 4.78 is 5.21. The predicted octanol–water partition coefficient (Wildman–Crippen LogP) is 2.39. The van der Waals surface area contributed by atoms with Crippen LogP contribution in [0.3, 0.4) is 0 Å². The summed E-state index contributed by atoms with van der Waals surface area (Å²) >= 11 is 3.88. The number of aromatic nitrogens is 2. The molecule has 0 saturated carbocycles. The van der Waals surface area contributed by atoms with Crippen LogP contribution in [0.15, 0.2) is 4.52 Å². The Morgan fingerprint density at radius 3 is 2.94 bits per heavy atom. The molecule has 0 amide bonds. The topological polar surface area (TPSA) is 64.9 Å². The molecule has 1 aliphatic heterocycles. The fourth-order valence-electron chi connectivity index (χ4n) is 1.60. The third kappa shape index (κ3) is 2.55. The Balaban J connectivity index is 2.11. The highest BCUT2D eigenvalue weighted by Crippen LogP contribution is 2.41. The van der Waals surface area contributed by atoms with Gasteiger partial charge in [0.15, 0.2) is 5.82 Å². The number of rotatable bonds is 3. The zero-order valence-corrected chi connectivity index (χ0v) is 11.2. The highest BCUT2D eigenvalue weighted by atomic mass is 32.2. The molecule has 90 valence electrons. The van der Waals surface area contributed by atoms with Crippen molar-refractivity contribution in [3.63, 3.8) is 0 Å². The minimum Gasteiger partial charge on any atom is -0.338 e. The Labute approximate surface area is 104 Å². The SMILES string of the molecule is CCC(N)c1nc(C2SCCSC2C)no1. The van der Waals surface area contributed by atoms with Gasteiger partial charge in [-0.05, 0) is 6.42 Å². The summed E-state index contributed by atoms with van der Waals surface area (Å²) in [6.45, 7) is 4.24. The highest BCUT2D eigenvalue weighted by molar-refractivity contribution is 8.06. The summed E-state index contributed by atoms with van der Waals surface area (Å²) in [4.78, 5) is 4.42. The number of nitrogens with zero attached hydrogens (tertiary/aromatic N) is 2. The van der Waals surface area contributed by atoms with Gasteiger partial charge in [-0.15, -0.1) is 11.8 Å². The molecule has 6 heteroatoms. The highest BCUT2D eigenvalue weighted by Gasteiger charge is 2.29. The summed E-state index contributed by atoms with van der Waals surface area (Å²) in [6, 6.07) is -0.127. The van der Waals surface area contributed by atoms with Gasteiger partial charge in [-0.1, -0.05) is 19.0 Å². The van der Waals surface area contributed by atoms with Gasteiger partial charge in [-0.25, -0.2) is 0 Å². The fourth-order valence-corrected chi connectivity index (χ4v) is 4.28. The molecule has 0 bridgehead atoms. The standard InChI is InChI=1S/C10H17N3OS2/c1-3-7(11)10-12-9(13-14-10)8-6(2)15-4-5-16-8/h6-8H,3-5,11H2,1-2H3. The molecule has 2 heterocycles. The molecule has 1 fully saturated rings. The molecule has 3 atom stereocenters. The van der Waals surface area contributed by atoms with Crippen LogP contribution in [-0.4, -0.2) is 26.9 Å². The summed E-state index contributed by atoms with van der Waals surface area (Å²) in [5.41, 5.74) is 5.86. The van der Waals surface area contributed by atoms with Gasteiger partial charge in [-0.3, -0.25) is 0 Å². The second-order valence-corrected chi connectivity index (χ2v) is 6.61. The minimum atomic E-state index is -0.127. The van der Waals surface area contributed by atoms with Crippen molar-refractivity contribution in [2.24, 2.45) is 5.73 Å². The zero-order chi connectivity index (χ0) is 11.5. The first-order chi connectivity index (χ1) is 7.72. The molecular formula is C10H17N3OS2. The van der Waals surface area contributed by atoms with E-state index in [1.54, 1.807) is 0 Å². The molecule has 0 aromatic carbocycles. The van der Waals surface area contributed by atoms with Gasteiger partial charge in [-0.2, -0.15) is 16.7 Å². The number of hydrogen-bond donors (Lipinski definition) is 1. The molecule has 1 aliphatic rings. The van der Waals surface area contributed by atoms with Crippen molar-refractivity contribution in [1.29, 1.82) is 0 Å². The second kappa shape index (κ2) is 5.42. The van der Waals surface area contributed by atoms with Crippen LogP contribution in [0.5, 0.6) is 0 Å². The van der Waals surface area contributed by atoms with E-state index in [1.807, 2.05) is 30.4 Å². The second-order valence-electron chi connectivity index (χ2n) is 3.87. The number of thioether (sulfide) groups is 2. The minimum absolute atomic E-state index is 0.127. The molecular weight excluding hydrogens is 242 g/mol. The molecule has 16 heavy (non-hydrogen) atoms. The van der Waals surface area contributed by atoms with E-state index >= 15 is 0 Å². The lowest BCUT2D eigenvalue weighted by atomic mass is 10.2. The van der Waals surface area contributed by atoms with E-state index in [1.165, 1.54) is 5.75 Å². The van der Waals surface area contributed by atoms with Gasteiger partial charge in [0, 0.05) is 16.8 Å². The monoisotopic (exact) mass is 259 g/mol. The third-order valence-corrected chi connectivity index (χ3v) is 5.74. The van der Waals surface area contributed by atoms with Gasteiger partial charge in [0.2, 0.25) is 5.89 Å². The van der Waals surface area contributed by atoms with E-state index in [4.69, 9.17) is 10.3 Å². The van der Waals surface area contributed by atoms with Gasteiger partial charge < -0.3 is 10.3 Å². The Hall–Kier alpha value is -0.200. The molecule has 1 aromatic heterocycles. The van der Waals surface area contributed by atoms with Gasteiger partial charge in [0.1, 0.15) is 0 Å². The molecule has 1 aromatic rings. The van der Waals surface area contributed by atoms with Gasteiger partial charge >= 0.3 is 0 Å². The van der Waals surface area contributed by atoms with Crippen LogP contribution in [0, 0.1) is 0 Å². The first-order valence-corrected chi connectivity index (χ1v) is 7.64. The largest absolute Gasteiger partial charge is 0.338 e. The van der Waals surface area contributed by atoms with E-state index in [0.717, 1.165) is 18.0 Å². The zero-order valence-electron chi connectivity index (χ0n) is 9.55. The van der Waals surface area contributed by atoms with Crippen molar-refractivity contribution >= 4 is 23.5 Å². The molecule has 0 radical (unpaired) electrons. The molecule has 1 saturated heterocycles. The van der Waals surface area contributed by atoms with Crippen LogP contribution >= 0.6 is 23.5 Å². The Morgan fingerprint density at radius 1 is 1.50 bits per heavy atom. The van der Waals surface area contributed by atoms with Crippen LogP contribution in [0.1, 0.15) is 43.3 Å². The molecule has 3 unspecified atom stereocenters. The average molecular weight is 259 g/mol. The molecule has 0 aliphatic carbocycles. The van der Waals surface area contributed by atoms with E-state index in [0.29, 0.717) is 16.4 Å². The molecule has 4 nitrogen and oxygen atoms in total. The first-order valence-electron chi connectivity index (χ1n) is 5.54. The van der Waals surface area contributed by atoms with Crippen molar-refractivity contribution in [3.8, 4) is 0 Å². The third-order valence-electron chi connectivity index (χ3n) is 2.66. The lowest BCUT2D eigenvalue weighted by Gasteiger charge is -2.24. The van der Waals surface area contributed by atoms with Crippen molar-refractivity contribution < 1.29 is 4.52 Å². The summed E-state index contributed by atoms with van der Waals surface area (Å²) in [5, 5.41) is 4.95. The lowest BCUT2D eigenvalue weighted by Crippen LogP contribution is -2.17. The van der Waals surface area contributed by atoms with Crippen LogP contribution in [0.25, 0.3) is 0 Å². The predicted molar refractivity (Wildman–Crippen MR) is 68.6 cm³/mol. The first kappa shape index (κ1) is 12.3. The summed E-state index contributed by atoms with van der Waals surface area (Å²) in [7, 11) is 0. The Morgan fingerprint density at radius 2 is 2.25 bits per heavy atom. The van der Waals surface area contributed by atoms with Crippen molar-refractivity contribution in [2.75, 3.05) is 11.5 Å². The maximum absolute atomic E-state index is 5.86. The van der Waals surface area contributed by atoms with Crippen LogP contribution < -0.4 is 5.73 Å². The number of hydrogen-bond acceptors (Lipinski definition) is 6. The molecule has 2 rings (SSSR count). The van der Waals surface area contributed by atoms with Crippen LogP contribution in [0.4, 0.5) is 0 Å². The molecule has 0 spiro atoms. The van der Waals surface area contributed by atoms with Gasteiger partial charge in [0.05, 0.1) is 11.3 Å². The smallest absolute Gasteiger partial charge is 0.243 e. The Bertz CT molecular complexity index is 345. The van der Waals surface area contributed by atoms with E-state index in [9.17, 15) is 0 Å². The summed E-state index contributed by atoms with van der Waals surface area (Å²) in [6.07, 6.45) is 0.823. The van der Waals surface area contributed by atoms with Crippen molar-refractivity contribution in [3.05, 3.63) is 11.7 Å². The van der Waals surface area contributed by atoms with E-state index in [-0.39, 0.29) is 6.04 Å². The van der Waals surface area contributed by atoms with E-state index in [2.05, 4.69) is 17.1 Å². The fraction of sp³-hybridized carbons (Fsp3) is 0.800. The Kier molecular flexibility index (Phi) is 4.16. The number of nitrogens with two attached hydrogens (primary N) is 1. The summed E-state index contributed by atoms with van der Waals surface area (Å²) in [5.74, 6) is 3.75. The lowest BCUT2D eigenvalue weighted by molar-refractivity contribution is 0.348. The molecule has 2 N–H and O–H groups in total. The van der Waals surface area contributed by atoms with Gasteiger partial charge in [0.25, 0.3) is 0 Å². The maximum atomic E-state index is 5.86. The quantitative estimate of drug-likeness (QED) is 0.899. The van der Waals surface area contributed by atoms with Crippen molar-refractivity contribution in [1.82, 2.24) is 10.1 Å². The van der Waals surface area contributed by atoms with Crippen molar-refractivity contribution in [2.45, 2.75) is 36.8 Å². The maximum Gasteiger partial charge on any atom is 0.243 e. The average Bonchev–Trinajstić information content (AvgIpc) is 2.78. The normalized spacial score (nSPS) is 27.9. The van der Waals surface area contributed by atoms with E-state index < -0.39 is 0 Å². The van der Waals surface area contributed by atoms with Crippen LogP contribution in [-0.2, 0) is 0 Å². The van der Waals surface area contributed by atoms with Crippen LogP contribution in [0.2, 0.25) is 0 Å².